The number of hydrogen-bond donors (Lipinski definition) is 3. The molecule has 2 aromatic carbocycles. The first kappa shape index (κ1) is 20.0. The maximum atomic E-state index is 11.9. The Kier molecular flexibility index (Phi) is 8.85. The van der Waals surface area contributed by atoms with Crippen LogP contribution in [0.25, 0.3) is 0 Å². The highest BCUT2D eigenvalue weighted by molar-refractivity contribution is 14.0. The third-order valence-corrected chi connectivity index (χ3v) is 3.28. The average Bonchev–Trinajstić information content (AvgIpc) is 2.57. The average molecular weight is 438 g/mol. The zero-order valence-electron chi connectivity index (χ0n) is 13.9. The molecular formula is C18H23IN4O. The van der Waals surface area contributed by atoms with E-state index in [1.807, 2.05) is 30.3 Å². The number of amides is 1. The van der Waals surface area contributed by atoms with Gasteiger partial charge in [-0.1, -0.05) is 48.0 Å². The van der Waals surface area contributed by atoms with Gasteiger partial charge in [0.05, 0.1) is 6.54 Å². The van der Waals surface area contributed by atoms with Gasteiger partial charge >= 0.3 is 0 Å². The van der Waals surface area contributed by atoms with Crippen molar-refractivity contribution in [2.45, 2.75) is 13.5 Å². The molecule has 0 radical (unpaired) electrons. The topological polar surface area (TPSA) is 65.5 Å². The number of carbonyl (C=O) groups is 1. The van der Waals surface area contributed by atoms with E-state index in [9.17, 15) is 4.79 Å². The molecule has 2 rings (SSSR count). The lowest BCUT2D eigenvalue weighted by molar-refractivity contribution is -0.115. The molecule has 0 aliphatic rings. The molecular weight excluding hydrogens is 415 g/mol. The maximum Gasteiger partial charge on any atom is 0.243 e. The van der Waals surface area contributed by atoms with Crippen molar-refractivity contribution in [3.05, 3.63) is 65.7 Å². The summed E-state index contributed by atoms with van der Waals surface area (Å²) in [6, 6.07) is 17.6. The number of aryl methyl sites for hydroxylation is 1. The smallest absolute Gasteiger partial charge is 0.243 e. The van der Waals surface area contributed by atoms with Gasteiger partial charge in [-0.3, -0.25) is 9.79 Å². The van der Waals surface area contributed by atoms with Crippen molar-refractivity contribution in [1.29, 1.82) is 0 Å². The summed E-state index contributed by atoms with van der Waals surface area (Å²) in [5.41, 5.74) is 3.17. The van der Waals surface area contributed by atoms with Gasteiger partial charge in [-0.15, -0.1) is 24.0 Å². The Morgan fingerprint density at radius 2 is 1.67 bits per heavy atom. The molecule has 24 heavy (non-hydrogen) atoms. The minimum absolute atomic E-state index is 0. The molecule has 6 heteroatoms. The molecule has 2 aromatic rings. The largest absolute Gasteiger partial charge is 0.352 e. The maximum absolute atomic E-state index is 11.9. The standard InChI is InChI=1S/C18H22N4O.HI/c1-14-8-10-15(11-9-14)12-20-18(19-2)21-13-17(23)22-16-6-4-3-5-7-16;/h3-11H,12-13H2,1-2H3,(H,22,23)(H2,19,20,21);1H. The molecule has 3 N–H and O–H groups in total. The van der Waals surface area contributed by atoms with Crippen LogP contribution in [0.3, 0.4) is 0 Å². The fraction of sp³-hybridized carbons (Fsp3) is 0.222. The Hall–Kier alpha value is -2.09. The second-order valence-electron chi connectivity index (χ2n) is 5.18. The molecule has 0 heterocycles. The number of guanidine groups is 1. The number of nitrogens with zero attached hydrogens (tertiary/aromatic N) is 1. The molecule has 128 valence electrons. The van der Waals surface area contributed by atoms with Gasteiger partial charge in [0.15, 0.2) is 5.96 Å². The number of aliphatic imine (C=N–C) groups is 1. The number of benzene rings is 2. The molecule has 1 amide bonds. The minimum Gasteiger partial charge on any atom is -0.352 e. The van der Waals surface area contributed by atoms with E-state index in [0.717, 1.165) is 11.3 Å². The van der Waals surface area contributed by atoms with Crippen molar-refractivity contribution in [2.24, 2.45) is 4.99 Å². The van der Waals surface area contributed by atoms with Crippen molar-refractivity contribution in [1.82, 2.24) is 10.6 Å². The van der Waals surface area contributed by atoms with Crippen LogP contribution < -0.4 is 16.0 Å². The first-order chi connectivity index (χ1) is 11.2. The van der Waals surface area contributed by atoms with Crippen molar-refractivity contribution >= 4 is 41.5 Å². The molecule has 0 bridgehead atoms. The molecule has 0 spiro atoms. The lowest BCUT2D eigenvalue weighted by atomic mass is 10.1. The van der Waals surface area contributed by atoms with E-state index < -0.39 is 0 Å². The van der Waals surface area contributed by atoms with Crippen molar-refractivity contribution in [2.75, 3.05) is 18.9 Å². The molecule has 5 nitrogen and oxygen atoms in total. The normalized spacial score (nSPS) is 10.5. The Labute approximate surface area is 160 Å². The van der Waals surface area contributed by atoms with Crippen molar-refractivity contribution < 1.29 is 4.79 Å². The summed E-state index contributed by atoms with van der Waals surface area (Å²) in [6.45, 7) is 2.87. The third kappa shape index (κ3) is 6.99. The molecule has 0 aromatic heterocycles. The van der Waals surface area contributed by atoms with Crippen LogP contribution in [0, 0.1) is 6.92 Å². The van der Waals surface area contributed by atoms with E-state index in [0.29, 0.717) is 12.5 Å². The van der Waals surface area contributed by atoms with Crippen LogP contribution in [-0.2, 0) is 11.3 Å². The fourth-order valence-corrected chi connectivity index (χ4v) is 2.00. The second-order valence-corrected chi connectivity index (χ2v) is 5.18. The highest BCUT2D eigenvalue weighted by Gasteiger charge is 2.04. The van der Waals surface area contributed by atoms with E-state index in [-0.39, 0.29) is 36.4 Å². The van der Waals surface area contributed by atoms with Crippen LogP contribution in [0.5, 0.6) is 0 Å². The third-order valence-electron chi connectivity index (χ3n) is 3.28. The SMILES string of the molecule is CN=C(NCC(=O)Nc1ccccc1)NCc1ccc(C)cc1.I. The number of para-hydroxylation sites is 1. The summed E-state index contributed by atoms with van der Waals surface area (Å²) in [4.78, 5) is 16.0. The van der Waals surface area contributed by atoms with E-state index in [4.69, 9.17) is 0 Å². The first-order valence-electron chi connectivity index (χ1n) is 7.52. The van der Waals surface area contributed by atoms with Gasteiger partial charge in [0.25, 0.3) is 0 Å². The van der Waals surface area contributed by atoms with Gasteiger partial charge in [0.2, 0.25) is 5.91 Å². The quantitative estimate of drug-likeness (QED) is 0.382. The van der Waals surface area contributed by atoms with Gasteiger partial charge in [0, 0.05) is 19.3 Å². The lowest BCUT2D eigenvalue weighted by Gasteiger charge is -2.12. The number of rotatable bonds is 5. The highest BCUT2D eigenvalue weighted by atomic mass is 127. The van der Waals surface area contributed by atoms with Crippen LogP contribution in [0.1, 0.15) is 11.1 Å². The number of nitrogens with one attached hydrogen (secondary N) is 3. The first-order valence-corrected chi connectivity index (χ1v) is 7.52. The Balaban J connectivity index is 0.00000288. The van der Waals surface area contributed by atoms with E-state index >= 15 is 0 Å². The molecule has 0 unspecified atom stereocenters. The summed E-state index contributed by atoms with van der Waals surface area (Å²) < 4.78 is 0. The summed E-state index contributed by atoms with van der Waals surface area (Å²) in [5.74, 6) is 0.475. The number of hydrogen-bond acceptors (Lipinski definition) is 2. The molecule has 0 aliphatic heterocycles. The summed E-state index contributed by atoms with van der Waals surface area (Å²) in [6.07, 6.45) is 0. The minimum atomic E-state index is -0.116. The molecule has 0 aliphatic carbocycles. The predicted octanol–water partition coefficient (Wildman–Crippen LogP) is 2.92. The summed E-state index contributed by atoms with van der Waals surface area (Å²) >= 11 is 0. The van der Waals surface area contributed by atoms with Crippen molar-refractivity contribution in [3.63, 3.8) is 0 Å². The summed E-state index contributed by atoms with van der Waals surface area (Å²) in [7, 11) is 1.68. The Morgan fingerprint density at radius 1 is 1.00 bits per heavy atom. The molecule has 0 fully saturated rings. The number of carbonyl (C=O) groups excluding carboxylic acids is 1. The fourth-order valence-electron chi connectivity index (χ4n) is 2.00. The zero-order valence-corrected chi connectivity index (χ0v) is 16.2. The van der Waals surface area contributed by atoms with Crippen LogP contribution in [0.15, 0.2) is 59.6 Å². The van der Waals surface area contributed by atoms with E-state index in [1.54, 1.807) is 7.05 Å². The van der Waals surface area contributed by atoms with E-state index in [2.05, 4.69) is 52.1 Å². The number of anilines is 1. The van der Waals surface area contributed by atoms with Gasteiger partial charge in [-0.05, 0) is 24.6 Å². The summed E-state index contributed by atoms with van der Waals surface area (Å²) in [5, 5.41) is 9.00. The molecule has 0 saturated carbocycles. The highest BCUT2D eigenvalue weighted by Crippen LogP contribution is 2.04. The van der Waals surface area contributed by atoms with Crippen molar-refractivity contribution in [3.8, 4) is 0 Å². The Morgan fingerprint density at radius 3 is 2.29 bits per heavy atom. The van der Waals surface area contributed by atoms with Gasteiger partial charge in [-0.25, -0.2) is 0 Å². The monoisotopic (exact) mass is 438 g/mol. The van der Waals surface area contributed by atoms with Crippen LogP contribution >= 0.6 is 24.0 Å². The van der Waals surface area contributed by atoms with Gasteiger partial charge < -0.3 is 16.0 Å². The Bertz CT molecular complexity index is 656. The van der Waals surface area contributed by atoms with Gasteiger partial charge in [-0.2, -0.15) is 0 Å². The predicted molar refractivity (Wildman–Crippen MR) is 110 cm³/mol. The number of halogens is 1. The lowest BCUT2D eigenvalue weighted by Crippen LogP contribution is -2.41. The van der Waals surface area contributed by atoms with E-state index in [1.165, 1.54) is 5.56 Å². The van der Waals surface area contributed by atoms with Gasteiger partial charge in [0.1, 0.15) is 0 Å². The molecule has 0 atom stereocenters. The van der Waals surface area contributed by atoms with Crippen LogP contribution in [0.4, 0.5) is 5.69 Å². The molecule has 0 saturated heterocycles. The zero-order chi connectivity index (χ0) is 16.5. The van der Waals surface area contributed by atoms with Crippen LogP contribution in [-0.4, -0.2) is 25.5 Å². The van der Waals surface area contributed by atoms with Crippen LogP contribution in [0.2, 0.25) is 0 Å². The second kappa shape index (κ2) is 10.6.